The highest BCUT2D eigenvalue weighted by molar-refractivity contribution is 5.96. The van der Waals surface area contributed by atoms with Crippen LogP contribution in [0.15, 0.2) is 16.8 Å². The number of aliphatic hydroxyl groups is 1. The van der Waals surface area contributed by atoms with Crippen molar-refractivity contribution in [2.75, 3.05) is 6.61 Å². The molecule has 3 fully saturated rings. The van der Waals surface area contributed by atoms with Crippen molar-refractivity contribution < 1.29 is 24.6 Å². The molecule has 4 rings (SSSR count). The zero-order chi connectivity index (χ0) is 26.3. The van der Waals surface area contributed by atoms with Gasteiger partial charge in [0, 0.05) is 5.41 Å². The summed E-state index contributed by atoms with van der Waals surface area (Å²) in [5, 5.41) is 27.3. The summed E-state index contributed by atoms with van der Waals surface area (Å²) >= 11 is 0. The molecule has 0 radical (unpaired) electrons. The molecule has 0 saturated heterocycles. The molecule has 8 atom stereocenters. The molecule has 4 aliphatic rings. The van der Waals surface area contributed by atoms with Crippen molar-refractivity contribution in [2.24, 2.45) is 39.7 Å². The van der Waals surface area contributed by atoms with Crippen LogP contribution >= 0.6 is 0 Å². The predicted octanol–water partition coefficient (Wildman–Crippen LogP) is 4.30. The van der Waals surface area contributed by atoms with Crippen LogP contribution in [-0.2, 0) is 14.4 Å². The first-order valence-corrected chi connectivity index (χ1v) is 13.6. The van der Waals surface area contributed by atoms with Crippen LogP contribution in [0.3, 0.4) is 0 Å². The van der Waals surface area contributed by atoms with Crippen LogP contribution in [0.2, 0.25) is 0 Å². The molecule has 0 aromatic heterocycles. The summed E-state index contributed by atoms with van der Waals surface area (Å²) in [6, 6.07) is -0.930. The van der Waals surface area contributed by atoms with Gasteiger partial charge >= 0.3 is 5.97 Å². The quantitative estimate of drug-likeness (QED) is 0.358. The predicted molar refractivity (Wildman–Crippen MR) is 138 cm³/mol. The minimum atomic E-state index is -1.04. The Morgan fingerprint density at radius 3 is 2.61 bits per heavy atom. The summed E-state index contributed by atoms with van der Waals surface area (Å²) in [4.78, 5) is 29.0. The van der Waals surface area contributed by atoms with E-state index in [2.05, 4.69) is 36.3 Å². The summed E-state index contributed by atoms with van der Waals surface area (Å²) in [7, 11) is 0. The molecule has 4 aliphatic carbocycles. The lowest BCUT2D eigenvalue weighted by molar-refractivity contribution is -0.144. The van der Waals surface area contributed by atoms with Gasteiger partial charge in [-0.3, -0.25) is 4.79 Å². The fourth-order valence-corrected chi connectivity index (χ4v) is 7.97. The Morgan fingerprint density at radius 2 is 1.94 bits per heavy atom. The molecule has 7 nitrogen and oxygen atoms in total. The van der Waals surface area contributed by atoms with Crippen molar-refractivity contribution in [3.8, 4) is 12.3 Å². The number of rotatable bonds is 7. The van der Waals surface area contributed by atoms with Gasteiger partial charge in [0.1, 0.15) is 11.6 Å². The summed E-state index contributed by atoms with van der Waals surface area (Å²) in [5.74, 6) is 2.70. The van der Waals surface area contributed by atoms with Gasteiger partial charge in [0.05, 0.1) is 5.71 Å². The van der Waals surface area contributed by atoms with Gasteiger partial charge in [-0.1, -0.05) is 50.8 Å². The topological polar surface area (TPSA) is 108 Å². The number of hydrogen-bond donors (Lipinski definition) is 3. The number of amides is 1. The third kappa shape index (κ3) is 4.36. The number of oxime groups is 1. The van der Waals surface area contributed by atoms with E-state index in [1.165, 1.54) is 5.57 Å². The third-order valence-electron chi connectivity index (χ3n) is 10.5. The Balaban J connectivity index is 1.40. The first kappa shape index (κ1) is 26.7. The summed E-state index contributed by atoms with van der Waals surface area (Å²) < 4.78 is 0. The van der Waals surface area contributed by atoms with Crippen molar-refractivity contribution in [3.63, 3.8) is 0 Å². The molecule has 198 valence electrons. The molecule has 0 aliphatic heterocycles. The van der Waals surface area contributed by atoms with Crippen LogP contribution in [-0.4, -0.2) is 46.1 Å². The van der Waals surface area contributed by atoms with Gasteiger partial charge in [0.2, 0.25) is 0 Å². The number of aliphatic carboxylic acids is 1. The molecule has 36 heavy (non-hydrogen) atoms. The fraction of sp³-hybridized carbons (Fsp3) is 0.759. The van der Waals surface area contributed by atoms with E-state index in [4.69, 9.17) is 11.3 Å². The van der Waals surface area contributed by atoms with E-state index < -0.39 is 23.5 Å². The Hall–Kier alpha value is -2.33. The number of carboxylic acid groups (broad SMARTS) is 1. The smallest absolute Gasteiger partial charge is 0.326 e. The number of nitrogens with one attached hydrogen (secondary N) is 1. The number of terminal acetylenes is 1. The van der Waals surface area contributed by atoms with Crippen molar-refractivity contribution in [1.29, 1.82) is 0 Å². The SMILES string of the molecule is C#C[C@@]1(O)CC[C@H]2[C@@H]3CCC4=C/C(=N/OCC(=O)N[C@H](C(=O)O)[C@H](C)CC)CC[C@]4(C)[C@H]3CC[C@@]21C. The monoisotopic (exact) mass is 498 g/mol. The lowest BCUT2D eigenvalue weighted by Gasteiger charge is -2.58. The van der Waals surface area contributed by atoms with Gasteiger partial charge in [-0.05, 0) is 86.5 Å². The summed E-state index contributed by atoms with van der Waals surface area (Å²) in [6.07, 6.45) is 16.3. The number of fused-ring (bicyclic) bond motifs is 5. The minimum Gasteiger partial charge on any atom is -0.480 e. The molecule has 0 bridgehead atoms. The number of carboxylic acids is 1. The maximum Gasteiger partial charge on any atom is 0.326 e. The van der Waals surface area contributed by atoms with Gasteiger partial charge in [0.15, 0.2) is 6.61 Å². The fourth-order valence-electron chi connectivity index (χ4n) is 7.97. The van der Waals surface area contributed by atoms with E-state index in [1.54, 1.807) is 6.92 Å². The highest BCUT2D eigenvalue weighted by atomic mass is 16.6. The molecular weight excluding hydrogens is 456 g/mol. The summed E-state index contributed by atoms with van der Waals surface area (Å²) in [5.41, 5.74) is 1.20. The molecule has 0 aromatic carbocycles. The van der Waals surface area contributed by atoms with Crippen LogP contribution in [0.25, 0.3) is 0 Å². The van der Waals surface area contributed by atoms with Crippen molar-refractivity contribution in [1.82, 2.24) is 5.32 Å². The largest absolute Gasteiger partial charge is 0.480 e. The normalized spacial score (nSPS) is 40.1. The van der Waals surface area contributed by atoms with Crippen LogP contribution in [0, 0.1) is 46.8 Å². The lowest BCUT2D eigenvalue weighted by atomic mass is 9.46. The van der Waals surface area contributed by atoms with Crippen LogP contribution in [0.1, 0.15) is 85.5 Å². The van der Waals surface area contributed by atoms with Crippen molar-refractivity contribution in [2.45, 2.75) is 97.1 Å². The van der Waals surface area contributed by atoms with Gasteiger partial charge in [-0.15, -0.1) is 6.42 Å². The third-order valence-corrected chi connectivity index (χ3v) is 10.5. The van der Waals surface area contributed by atoms with E-state index in [1.807, 2.05) is 6.92 Å². The molecule has 0 spiro atoms. The maximum absolute atomic E-state index is 12.2. The maximum atomic E-state index is 12.2. The van der Waals surface area contributed by atoms with Crippen molar-refractivity contribution in [3.05, 3.63) is 11.6 Å². The van der Waals surface area contributed by atoms with Crippen LogP contribution in [0.5, 0.6) is 0 Å². The Labute approximate surface area is 215 Å². The van der Waals surface area contributed by atoms with E-state index >= 15 is 0 Å². The number of nitrogens with zero attached hydrogens (tertiary/aromatic N) is 1. The average Bonchev–Trinajstić information content (AvgIpc) is 3.13. The molecular formula is C29H42N2O5. The minimum absolute atomic E-state index is 0.114. The first-order valence-electron chi connectivity index (χ1n) is 13.6. The van der Waals surface area contributed by atoms with Gasteiger partial charge in [0.25, 0.3) is 5.91 Å². The molecule has 3 saturated carbocycles. The highest BCUT2D eigenvalue weighted by Gasteiger charge is 2.63. The average molecular weight is 499 g/mol. The number of carbonyl (C=O) groups is 2. The Bertz CT molecular complexity index is 998. The highest BCUT2D eigenvalue weighted by Crippen LogP contribution is 2.67. The first-order chi connectivity index (χ1) is 17.0. The second kappa shape index (κ2) is 9.85. The van der Waals surface area contributed by atoms with Gasteiger partial charge < -0.3 is 20.4 Å². The standard InChI is InChI=1S/C29H42N2O5/c1-6-18(3)25(26(33)34)30-24(32)17-36-31-20-10-13-27(4)19(16-20)8-9-21-22(27)11-14-28(5)23(21)12-15-29(28,35)7-2/h2,16,18,21-23,25,35H,6,8-15,17H2,1,3-5H3,(H,30,32)(H,33,34)/b31-20+/t18-,21-,22+,23+,25+,27+,28+,29-/m1/s1. The molecule has 0 aromatic rings. The molecule has 0 heterocycles. The Morgan fingerprint density at radius 1 is 1.22 bits per heavy atom. The molecule has 7 heteroatoms. The zero-order valence-corrected chi connectivity index (χ0v) is 22.2. The van der Waals surface area contributed by atoms with E-state index in [-0.39, 0.29) is 23.4 Å². The van der Waals surface area contributed by atoms with Crippen LogP contribution in [0.4, 0.5) is 0 Å². The second-order valence-electron chi connectivity index (χ2n) is 12.1. The van der Waals surface area contributed by atoms with E-state index in [0.717, 1.165) is 50.7 Å². The number of carbonyl (C=O) groups excluding carboxylic acids is 1. The Kier molecular flexibility index (Phi) is 7.31. The molecule has 3 N–H and O–H groups in total. The van der Waals surface area contributed by atoms with Crippen LogP contribution < -0.4 is 5.32 Å². The molecule has 0 unspecified atom stereocenters. The summed E-state index contributed by atoms with van der Waals surface area (Å²) in [6.45, 7) is 8.01. The van der Waals surface area contributed by atoms with Crippen molar-refractivity contribution >= 4 is 17.6 Å². The number of hydrogen-bond acceptors (Lipinski definition) is 5. The second-order valence-corrected chi connectivity index (χ2v) is 12.1. The lowest BCUT2D eigenvalue weighted by Crippen LogP contribution is -2.54. The zero-order valence-electron chi connectivity index (χ0n) is 22.2. The van der Waals surface area contributed by atoms with Gasteiger partial charge in [-0.25, -0.2) is 4.79 Å². The molecule has 1 amide bonds. The number of allylic oxidation sites excluding steroid dienone is 2. The van der Waals surface area contributed by atoms with E-state index in [0.29, 0.717) is 30.6 Å². The van der Waals surface area contributed by atoms with Gasteiger partial charge in [-0.2, -0.15) is 0 Å². The van der Waals surface area contributed by atoms with E-state index in [9.17, 15) is 19.8 Å².